The molecule has 4 nitrogen and oxygen atoms in total. The molecule has 1 aliphatic rings. The first-order valence-corrected chi connectivity index (χ1v) is 7.91. The Bertz CT molecular complexity index is 704. The van der Waals surface area contributed by atoms with Crippen molar-refractivity contribution in [2.45, 2.75) is 12.5 Å². The molecule has 0 radical (unpaired) electrons. The predicted molar refractivity (Wildman–Crippen MR) is 86.8 cm³/mol. The van der Waals surface area contributed by atoms with Crippen molar-refractivity contribution in [1.82, 2.24) is 5.32 Å². The number of benzene rings is 1. The second kappa shape index (κ2) is 5.94. The standard InChI is InChI=1S/C17H17NO3S/c1-17(20,15-7-4-8-22-15)11-18-16(19)13-9-12-5-2-3-6-14(12)21-10-13/h2-9,20H,10-11H2,1H3,(H,18,19)/t17-/m1/s1. The van der Waals surface area contributed by atoms with E-state index in [0.29, 0.717) is 5.57 Å². The second-order valence-corrected chi connectivity index (χ2v) is 6.38. The highest BCUT2D eigenvalue weighted by atomic mass is 32.1. The number of amides is 1. The Morgan fingerprint density at radius 1 is 1.36 bits per heavy atom. The van der Waals surface area contributed by atoms with Crippen molar-refractivity contribution in [3.63, 3.8) is 0 Å². The van der Waals surface area contributed by atoms with Gasteiger partial charge in [0.2, 0.25) is 0 Å². The number of aliphatic hydroxyl groups is 1. The molecular formula is C17H17NO3S. The molecule has 2 heterocycles. The lowest BCUT2D eigenvalue weighted by Crippen LogP contribution is -2.39. The molecule has 1 aromatic carbocycles. The predicted octanol–water partition coefficient (Wildman–Crippen LogP) is 2.55. The van der Waals surface area contributed by atoms with Gasteiger partial charge in [-0.3, -0.25) is 4.79 Å². The third-order valence-corrected chi connectivity index (χ3v) is 4.69. The third kappa shape index (κ3) is 3.05. The minimum Gasteiger partial charge on any atom is -0.488 e. The number of carbonyl (C=O) groups is 1. The van der Waals surface area contributed by atoms with Gasteiger partial charge in [0.1, 0.15) is 18.0 Å². The van der Waals surface area contributed by atoms with Crippen LogP contribution in [0.2, 0.25) is 0 Å². The van der Waals surface area contributed by atoms with Gasteiger partial charge in [-0.15, -0.1) is 11.3 Å². The Morgan fingerprint density at radius 3 is 2.95 bits per heavy atom. The van der Waals surface area contributed by atoms with Crippen LogP contribution in [0.15, 0.2) is 47.4 Å². The van der Waals surface area contributed by atoms with E-state index in [9.17, 15) is 9.90 Å². The number of hydrogen-bond donors (Lipinski definition) is 2. The zero-order valence-corrected chi connectivity index (χ0v) is 13.0. The molecule has 1 atom stereocenters. The molecule has 0 fully saturated rings. The summed E-state index contributed by atoms with van der Waals surface area (Å²) in [6.45, 7) is 2.09. The van der Waals surface area contributed by atoms with E-state index in [1.165, 1.54) is 11.3 Å². The van der Waals surface area contributed by atoms with Gasteiger partial charge in [-0.05, 0) is 30.5 Å². The quantitative estimate of drug-likeness (QED) is 0.911. The smallest absolute Gasteiger partial charge is 0.250 e. The molecular weight excluding hydrogens is 298 g/mol. The van der Waals surface area contributed by atoms with Gasteiger partial charge in [-0.25, -0.2) is 0 Å². The highest BCUT2D eigenvalue weighted by Crippen LogP contribution is 2.27. The molecule has 1 aliphatic heterocycles. The zero-order chi connectivity index (χ0) is 15.6. The molecule has 5 heteroatoms. The van der Waals surface area contributed by atoms with Crippen molar-refractivity contribution in [2.24, 2.45) is 0 Å². The van der Waals surface area contributed by atoms with Gasteiger partial charge in [-0.2, -0.15) is 0 Å². The second-order valence-electron chi connectivity index (χ2n) is 5.43. The molecule has 3 rings (SSSR count). The first-order chi connectivity index (χ1) is 10.6. The Hall–Kier alpha value is -2.11. The van der Waals surface area contributed by atoms with Crippen molar-refractivity contribution >= 4 is 23.3 Å². The molecule has 1 amide bonds. The van der Waals surface area contributed by atoms with Crippen LogP contribution >= 0.6 is 11.3 Å². The van der Waals surface area contributed by atoms with E-state index in [1.54, 1.807) is 6.92 Å². The van der Waals surface area contributed by atoms with Crippen LogP contribution in [0.25, 0.3) is 6.08 Å². The molecule has 0 aliphatic carbocycles. The van der Waals surface area contributed by atoms with Gasteiger partial charge in [0, 0.05) is 10.4 Å². The van der Waals surface area contributed by atoms with Crippen LogP contribution in [0.1, 0.15) is 17.4 Å². The minimum absolute atomic E-state index is 0.158. The van der Waals surface area contributed by atoms with Crippen LogP contribution < -0.4 is 10.1 Å². The molecule has 22 heavy (non-hydrogen) atoms. The van der Waals surface area contributed by atoms with E-state index in [2.05, 4.69) is 5.32 Å². The number of nitrogens with one attached hydrogen (secondary N) is 1. The average molecular weight is 315 g/mol. The van der Waals surface area contributed by atoms with E-state index >= 15 is 0 Å². The molecule has 0 bridgehead atoms. The van der Waals surface area contributed by atoms with Crippen LogP contribution in [-0.4, -0.2) is 24.2 Å². The average Bonchev–Trinajstić information content (AvgIpc) is 3.07. The molecule has 0 spiro atoms. The number of hydrogen-bond acceptors (Lipinski definition) is 4. The molecule has 2 N–H and O–H groups in total. The summed E-state index contributed by atoms with van der Waals surface area (Å²) in [6, 6.07) is 11.3. The van der Waals surface area contributed by atoms with Crippen LogP contribution in [0, 0.1) is 0 Å². The lowest BCUT2D eigenvalue weighted by atomic mass is 10.0. The minimum atomic E-state index is -1.07. The Labute approximate surface area is 133 Å². The first kappa shape index (κ1) is 14.8. The molecule has 0 saturated carbocycles. The van der Waals surface area contributed by atoms with E-state index in [0.717, 1.165) is 16.2 Å². The summed E-state index contributed by atoms with van der Waals surface area (Å²) >= 11 is 1.47. The van der Waals surface area contributed by atoms with Gasteiger partial charge in [0.15, 0.2) is 0 Å². The van der Waals surface area contributed by atoms with Crippen molar-refractivity contribution < 1.29 is 14.6 Å². The highest BCUT2D eigenvalue weighted by Gasteiger charge is 2.26. The van der Waals surface area contributed by atoms with Crippen molar-refractivity contribution in [2.75, 3.05) is 13.2 Å². The molecule has 1 aromatic heterocycles. The Balaban J connectivity index is 1.67. The monoisotopic (exact) mass is 315 g/mol. The normalized spacial score (nSPS) is 16.0. The van der Waals surface area contributed by atoms with Crippen LogP contribution in [-0.2, 0) is 10.4 Å². The number of carbonyl (C=O) groups excluding carboxylic acids is 1. The van der Waals surface area contributed by atoms with Crippen molar-refractivity contribution in [3.8, 4) is 5.75 Å². The summed E-state index contributed by atoms with van der Waals surface area (Å²) in [6.07, 6.45) is 1.83. The Kier molecular flexibility index (Phi) is 4.00. The summed E-state index contributed by atoms with van der Waals surface area (Å²) in [5.74, 6) is 0.566. The summed E-state index contributed by atoms with van der Waals surface area (Å²) < 4.78 is 5.57. The fraction of sp³-hybridized carbons (Fsp3) is 0.235. The number of fused-ring (bicyclic) bond motifs is 1. The van der Waals surface area contributed by atoms with Gasteiger partial charge in [0.05, 0.1) is 12.1 Å². The maximum absolute atomic E-state index is 12.3. The van der Waals surface area contributed by atoms with E-state index in [4.69, 9.17) is 4.74 Å². The van der Waals surface area contributed by atoms with Gasteiger partial charge in [-0.1, -0.05) is 24.3 Å². The molecule has 0 unspecified atom stereocenters. The highest BCUT2D eigenvalue weighted by molar-refractivity contribution is 7.10. The fourth-order valence-electron chi connectivity index (χ4n) is 2.29. The fourth-order valence-corrected chi connectivity index (χ4v) is 3.07. The SMILES string of the molecule is C[C@@](O)(CNC(=O)C1=Cc2ccccc2OC1)c1cccs1. The third-order valence-electron chi connectivity index (χ3n) is 3.57. The lowest BCUT2D eigenvalue weighted by molar-refractivity contribution is -0.118. The lowest BCUT2D eigenvalue weighted by Gasteiger charge is -2.23. The zero-order valence-electron chi connectivity index (χ0n) is 12.2. The van der Waals surface area contributed by atoms with E-state index in [-0.39, 0.29) is 19.1 Å². The Morgan fingerprint density at radius 2 is 2.18 bits per heavy atom. The topological polar surface area (TPSA) is 58.6 Å². The van der Waals surface area contributed by atoms with Crippen molar-refractivity contribution in [1.29, 1.82) is 0 Å². The summed E-state index contributed by atoms with van der Waals surface area (Å²) in [7, 11) is 0. The number of ether oxygens (including phenoxy) is 1. The number of thiophene rings is 1. The number of rotatable bonds is 4. The van der Waals surface area contributed by atoms with E-state index in [1.807, 2.05) is 47.9 Å². The maximum Gasteiger partial charge on any atom is 0.250 e. The first-order valence-electron chi connectivity index (χ1n) is 7.03. The van der Waals surface area contributed by atoms with Crippen LogP contribution in [0.4, 0.5) is 0 Å². The summed E-state index contributed by atoms with van der Waals surface area (Å²) in [5, 5.41) is 15.1. The van der Waals surface area contributed by atoms with Gasteiger partial charge in [0.25, 0.3) is 5.91 Å². The van der Waals surface area contributed by atoms with Crippen LogP contribution in [0.3, 0.4) is 0 Å². The van der Waals surface area contributed by atoms with Gasteiger partial charge < -0.3 is 15.2 Å². The molecule has 114 valence electrons. The molecule has 0 saturated heterocycles. The van der Waals surface area contributed by atoms with E-state index < -0.39 is 5.60 Å². The summed E-state index contributed by atoms with van der Waals surface area (Å²) in [4.78, 5) is 13.1. The van der Waals surface area contributed by atoms with Crippen molar-refractivity contribution in [3.05, 3.63) is 57.8 Å². The largest absolute Gasteiger partial charge is 0.488 e. The maximum atomic E-state index is 12.3. The molecule has 2 aromatic rings. The van der Waals surface area contributed by atoms with Crippen LogP contribution in [0.5, 0.6) is 5.75 Å². The van der Waals surface area contributed by atoms with Gasteiger partial charge >= 0.3 is 0 Å². The number of para-hydroxylation sites is 1. The summed E-state index contributed by atoms with van der Waals surface area (Å²) in [5.41, 5.74) is 0.377.